The van der Waals surface area contributed by atoms with Gasteiger partial charge < -0.3 is 9.47 Å². The van der Waals surface area contributed by atoms with E-state index in [-0.39, 0.29) is 0 Å². The highest BCUT2D eigenvalue weighted by Gasteiger charge is 2.14. The van der Waals surface area contributed by atoms with Crippen LogP contribution in [-0.2, 0) is 9.47 Å². The monoisotopic (exact) mass is 157 g/mol. The summed E-state index contributed by atoms with van der Waals surface area (Å²) in [7, 11) is 0. The van der Waals surface area contributed by atoms with Gasteiger partial charge in [0.05, 0.1) is 6.10 Å². The molecule has 1 saturated carbocycles. The number of rotatable bonds is 5. The lowest BCUT2D eigenvalue weighted by Gasteiger charge is -2.10. The van der Waals surface area contributed by atoms with Gasteiger partial charge in [-0.15, -0.1) is 0 Å². The predicted octanol–water partition coefficient (Wildman–Crippen LogP) is 2.14. The van der Waals surface area contributed by atoms with E-state index in [2.05, 4.69) is 6.92 Å². The third kappa shape index (κ3) is 3.73. The molecule has 0 aromatic heterocycles. The van der Waals surface area contributed by atoms with Crippen molar-refractivity contribution in [2.75, 3.05) is 13.4 Å². The molecular formula is C9H17O2. The summed E-state index contributed by atoms with van der Waals surface area (Å²) in [5.74, 6) is 0. The van der Waals surface area contributed by atoms with Gasteiger partial charge in [0.2, 0.25) is 0 Å². The van der Waals surface area contributed by atoms with E-state index in [1.807, 2.05) is 0 Å². The molecule has 2 heteroatoms. The lowest BCUT2D eigenvalue weighted by atomic mass is 10.3. The third-order valence-electron chi connectivity index (χ3n) is 1.98. The minimum Gasteiger partial charge on any atom is -0.355 e. The van der Waals surface area contributed by atoms with Crippen molar-refractivity contribution < 1.29 is 9.47 Å². The summed E-state index contributed by atoms with van der Waals surface area (Å²) in [4.78, 5) is 0. The van der Waals surface area contributed by atoms with Crippen LogP contribution >= 0.6 is 0 Å². The molecule has 0 aromatic carbocycles. The fourth-order valence-electron chi connectivity index (χ4n) is 1.36. The predicted molar refractivity (Wildman–Crippen MR) is 44.1 cm³/mol. The van der Waals surface area contributed by atoms with Gasteiger partial charge in [0, 0.05) is 6.61 Å². The van der Waals surface area contributed by atoms with Crippen LogP contribution in [0.2, 0.25) is 0 Å². The third-order valence-corrected chi connectivity index (χ3v) is 1.98. The van der Waals surface area contributed by atoms with Crippen LogP contribution in [0.5, 0.6) is 0 Å². The molecule has 0 unspecified atom stereocenters. The lowest BCUT2D eigenvalue weighted by Crippen LogP contribution is -2.10. The molecule has 1 radical (unpaired) electrons. The highest BCUT2D eigenvalue weighted by atomic mass is 16.7. The van der Waals surface area contributed by atoms with Gasteiger partial charge in [-0.3, -0.25) is 0 Å². The molecule has 0 spiro atoms. The van der Waals surface area contributed by atoms with Crippen molar-refractivity contribution in [3.05, 3.63) is 6.92 Å². The molecule has 2 nitrogen and oxygen atoms in total. The Morgan fingerprint density at radius 2 is 2.00 bits per heavy atom. The van der Waals surface area contributed by atoms with E-state index in [1.54, 1.807) is 0 Å². The van der Waals surface area contributed by atoms with Crippen LogP contribution in [0.1, 0.15) is 32.1 Å². The van der Waals surface area contributed by atoms with Crippen LogP contribution < -0.4 is 0 Å². The Labute approximate surface area is 68.9 Å². The zero-order valence-corrected chi connectivity index (χ0v) is 7.05. The van der Waals surface area contributed by atoms with Gasteiger partial charge >= 0.3 is 0 Å². The van der Waals surface area contributed by atoms with Crippen molar-refractivity contribution >= 4 is 0 Å². The Hall–Kier alpha value is -0.0800. The Morgan fingerprint density at radius 3 is 2.64 bits per heavy atom. The fraction of sp³-hybridized carbons (Fsp3) is 0.889. The van der Waals surface area contributed by atoms with Crippen molar-refractivity contribution in [1.29, 1.82) is 0 Å². The maximum absolute atomic E-state index is 5.46. The highest BCUT2D eigenvalue weighted by Crippen LogP contribution is 2.20. The Balaban J connectivity index is 1.86. The van der Waals surface area contributed by atoms with E-state index >= 15 is 0 Å². The zero-order chi connectivity index (χ0) is 7.94. The van der Waals surface area contributed by atoms with Crippen molar-refractivity contribution in [3.8, 4) is 0 Å². The Kier molecular flexibility index (Phi) is 4.55. The second-order valence-corrected chi connectivity index (χ2v) is 2.95. The Morgan fingerprint density at radius 1 is 1.27 bits per heavy atom. The smallest absolute Gasteiger partial charge is 0.147 e. The van der Waals surface area contributed by atoms with E-state index in [4.69, 9.17) is 9.47 Å². The standard InChI is InChI=1S/C9H17O2/c1-2-7-10-8-11-9-5-3-4-6-9/h9H,1-8H2. The molecule has 1 fully saturated rings. The molecule has 0 aliphatic heterocycles. The van der Waals surface area contributed by atoms with Crippen LogP contribution in [0, 0.1) is 6.92 Å². The molecule has 0 heterocycles. The molecule has 1 rings (SSSR count). The second kappa shape index (κ2) is 5.56. The van der Waals surface area contributed by atoms with E-state index < -0.39 is 0 Å². The summed E-state index contributed by atoms with van der Waals surface area (Å²) in [5, 5.41) is 0. The quantitative estimate of drug-likeness (QED) is 0.449. The number of hydrogen-bond acceptors (Lipinski definition) is 2. The first kappa shape index (κ1) is 9.01. The molecule has 0 atom stereocenters. The van der Waals surface area contributed by atoms with Crippen molar-refractivity contribution in [2.45, 2.75) is 38.2 Å². The van der Waals surface area contributed by atoms with Gasteiger partial charge in [-0.1, -0.05) is 19.8 Å². The van der Waals surface area contributed by atoms with Gasteiger partial charge in [-0.25, -0.2) is 0 Å². The normalized spacial score (nSPS) is 19.4. The average molecular weight is 157 g/mol. The topological polar surface area (TPSA) is 18.5 Å². The number of hydrogen-bond donors (Lipinski definition) is 0. The SMILES string of the molecule is [CH2]CCOCOC1CCCC1. The van der Waals surface area contributed by atoms with Gasteiger partial charge in [0.15, 0.2) is 0 Å². The molecule has 1 aliphatic carbocycles. The van der Waals surface area contributed by atoms with E-state index in [1.165, 1.54) is 25.7 Å². The van der Waals surface area contributed by atoms with Crippen molar-refractivity contribution in [3.63, 3.8) is 0 Å². The van der Waals surface area contributed by atoms with E-state index in [0.717, 1.165) is 6.42 Å². The van der Waals surface area contributed by atoms with Gasteiger partial charge in [0.25, 0.3) is 0 Å². The molecule has 0 N–H and O–H groups in total. The van der Waals surface area contributed by atoms with E-state index in [0.29, 0.717) is 19.5 Å². The molecule has 0 aromatic rings. The summed E-state index contributed by atoms with van der Waals surface area (Å²) in [6.45, 7) is 4.85. The molecule has 0 amide bonds. The van der Waals surface area contributed by atoms with Crippen molar-refractivity contribution in [2.24, 2.45) is 0 Å². The first-order chi connectivity index (χ1) is 5.43. The van der Waals surface area contributed by atoms with Crippen LogP contribution in [0.4, 0.5) is 0 Å². The number of ether oxygens (including phenoxy) is 2. The van der Waals surface area contributed by atoms with Gasteiger partial charge in [-0.05, 0) is 19.3 Å². The Bertz CT molecular complexity index is 87.6. The van der Waals surface area contributed by atoms with Crippen LogP contribution in [-0.4, -0.2) is 19.5 Å². The maximum Gasteiger partial charge on any atom is 0.147 e. The zero-order valence-electron chi connectivity index (χ0n) is 7.05. The summed E-state index contributed by atoms with van der Waals surface area (Å²) in [6.07, 6.45) is 6.37. The minimum atomic E-state index is 0.459. The minimum absolute atomic E-state index is 0.459. The van der Waals surface area contributed by atoms with Crippen molar-refractivity contribution in [1.82, 2.24) is 0 Å². The van der Waals surface area contributed by atoms with Crippen LogP contribution in [0.25, 0.3) is 0 Å². The maximum atomic E-state index is 5.46. The first-order valence-electron chi connectivity index (χ1n) is 4.42. The molecule has 1 aliphatic rings. The molecule has 65 valence electrons. The lowest BCUT2D eigenvalue weighted by molar-refractivity contribution is -0.0858. The average Bonchev–Trinajstić information content (AvgIpc) is 2.50. The molecular weight excluding hydrogens is 140 g/mol. The second-order valence-electron chi connectivity index (χ2n) is 2.95. The molecule has 11 heavy (non-hydrogen) atoms. The highest BCUT2D eigenvalue weighted by molar-refractivity contribution is 4.65. The summed E-state index contributed by atoms with van der Waals surface area (Å²) in [5.41, 5.74) is 0. The largest absolute Gasteiger partial charge is 0.355 e. The van der Waals surface area contributed by atoms with Crippen LogP contribution in [0.3, 0.4) is 0 Å². The van der Waals surface area contributed by atoms with Gasteiger partial charge in [0.1, 0.15) is 6.79 Å². The van der Waals surface area contributed by atoms with Gasteiger partial charge in [-0.2, -0.15) is 0 Å². The summed E-state index contributed by atoms with van der Waals surface area (Å²) in [6, 6.07) is 0. The summed E-state index contributed by atoms with van der Waals surface area (Å²) >= 11 is 0. The first-order valence-corrected chi connectivity index (χ1v) is 4.42. The molecule has 0 saturated heterocycles. The summed E-state index contributed by atoms with van der Waals surface area (Å²) < 4.78 is 10.6. The van der Waals surface area contributed by atoms with Crippen LogP contribution in [0.15, 0.2) is 0 Å². The molecule has 0 bridgehead atoms. The fourth-order valence-corrected chi connectivity index (χ4v) is 1.36. The van der Waals surface area contributed by atoms with E-state index in [9.17, 15) is 0 Å².